The molecule has 2 saturated heterocycles. The van der Waals surface area contributed by atoms with Crippen molar-refractivity contribution in [3.8, 4) is 0 Å². The lowest BCUT2D eigenvalue weighted by molar-refractivity contribution is -0.00237. The summed E-state index contributed by atoms with van der Waals surface area (Å²) in [4.78, 5) is 0. The Hall–Kier alpha value is -1.06. The Morgan fingerprint density at radius 2 is 1.95 bits per heavy atom. The molecule has 2 aliphatic heterocycles. The van der Waals surface area contributed by atoms with E-state index < -0.39 is 0 Å². The molecular formula is C16H26N3+. The predicted octanol–water partition coefficient (Wildman–Crippen LogP) is 3.08. The molecule has 19 heavy (non-hydrogen) atoms. The fraction of sp³-hybridized carbons (Fsp3) is 0.625. The molecule has 0 unspecified atom stereocenters. The Morgan fingerprint density at radius 3 is 2.53 bits per heavy atom. The normalized spacial score (nSPS) is 26.9. The summed E-state index contributed by atoms with van der Waals surface area (Å²) in [5.41, 5.74) is 9.56. The summed E-state index contributed by atoms with van der Waals surface area (Å²) in [5.74, 6) is 0. The quantitative estimate of drug-likeness (QED) is 0.654. The smallest absolute Gasteiger partial charge is 0.152 e. The van der Waals surface area contributed by atoms with Crippen LogP contribution in [0, 0.1) is 6.92 Å². The number of quaternary nitrogens is 1. The molecule has 3 heteroatoms. The van der Waals surface area contributed by atoms with E-state index in [1.54, 1.807) is 0 Å². The van der Waals surface area contributed by atoms with Crippen LogP contribution >= 0.6 is 0 Å². The Morgan fingerprint density at radius 1 is 1.21 bits per heavy atom. The van der Waals surface area contributed by atoms with Crippen molar-refractivity contribution in [3.63, 3.8) is 0 Å². The lowest BCUT2D eigenvalue weighted by atomic mass is 10.1. The Kier molecular flexibility index (Phi) is 3.27. The van der Waals surface area contributed by atoms with Crippen molar-refractivity contribution < 1.29 is 0 Å². The molecule has 0 aromatic heterocycles. The maximum absolute atomic E-state index is 5.99. The summed E-state index contributed by atoms with van der Waals surface area (Å²) in [6.45, 7) is 8.26. The van der Waals surface area contributed by atoms with Gasteiger partial charge in [-0.25, -0.2) is 4.59 Å². The highest BCUT2D eigenvalue weighted by Crippen LogP contribution is 2.37. The summed E-state index contributed by atoms with van der Waals surface area (Å²) in [5, 5.41) is 2.72. The van der Waals surface area contributed by atoms with Gasteiger partial charge in [0.05, 0.1) is 6.04 Å². The maximum atomic E-state index is 5.99. The summed E-state index contributed by atoms with van der Waals surface area (Å²) >= 11 is 0. The third-order valence-electron chi connectivity index (χ3n) is 5.05. The summed E-state index contributed by atoms with van der Waals surface area (Å²) in [7, 11) is 0. The second-order valence-corrected chi connectivity index (χ2v) is 6.27. The standard InChI is InChI=1S/C16H26N3/c1-13-12-15(7-8-16(13)17)19(10-3-4-11-19)18-9-5-6-14(18)2/h7-8,12,14H,3-6,9-11,17H2,1-2H3/q+1/t14-/m1/s1. The first-order valence-corrected chi connectivity index (χ1v) is 7.64. The summed E-state index contributed by atoms with van der Waals surface area (Å²) in [6.07, 6.45) is 5.36. The van der Waals surface area contributed by atoms with Gasteiger partial charge in [0.15, 0.2) is 5.69 Å². The molecule has 104 valence electrons. The number of nitrogens with zero attached hydrogens (tertiary/aromatic N) is 2. The first kappa shape index (κ1) is 12.9. The molecule has 0 bridgehead atoms. The van der Waals surface area contributed by atoms with Gasteiger partial charge >= 0.3 is 0 Å². The van der Waals surface area contributed by atoms with Gasteiger partial charge in [-0.3, -0.25) is 0 Å². The zero-order valence-electron chi connectivity index (χ0n) is 12.2. The van der Waals surface area contributed by atoms with Crippen LogP contribution in [0.15, 0.2) is 18.2 Å². The van der Waals surface area contributed by atoms with Gasteiger partial charge in [0, 0.05) is 37.2 Å². The molecule has 3 nitrogen and oxygen atoms in total. The molecule has 2 N–H and O–H groups in total. The number of rotatable bonds is 2. The Labute approximate surface area is 116 Å². The van der Waals surface area contributed by atoms with Crippen LogP contribution in [0.5, 0.6) is 0 Å². The van der Waals surface area contributed by atoms with E-state index in [4.69, 9.17) is 5.73 Å². The fourth-order valence-corrected chi connectivity index (χ4v) is 3.93. The Balaban J connectivity index is 2.02. The lowest BCUT2D eigenvalue weighted by Crippen LogP contribution is -2.61. The van der Waals surface area contributed by atoms with Crippen LogP contribution in [0.1, 0.15) is 38.2 Å². The van der Waals surface area contributed by atoms with Crippen LogP contribution in [-0.2, 0) is 0 Å². The van der Waals surface area contributed by atoms with Crippen LogP contribution in [0.2, 0.25) is 0 Å². The Bertz CT molecular complexity index is 463. The van der Waals surface area contributed by atoms with Crippen molar-refractivity contribution >= 4 is 11.4 Å². The molecule has 0 spiro atoms. The van der Waals surface area contributed by atoms with Crippen molar-refractivity contribution in [2.75, 3.05) is 25.4 Å². The van der Waals surface area contributed by atoms with Crippen LogP contribution in [-0.4, -0.2) is 30.7 Å². The molecule has 0 saturated carbocycles. The third-order valence-corrected chi connectivity index (χ3v) is 5.05. The number of benzene rings is 1. The number of aryl methyl sites for hydroxylation is 1. The van der Waals surface area contributed by atoms with Crippen molar-refractivity contribution in [2.24, 2.45) is 0 Å². The van der Waals surface area contributed by atoms with Crippen LogP contribution in [0.25, 0.3) is 0 Å². The highest BCUT2D eigenvalue weighted by molar-refractivity contribution is 5.56. The van der Waals surface area contributed by atoms with Gasteiger partial charge in [0.25, 0.3) is 0 Å². The fourth-order valence-electron chi connectivity index (χ4n) is 3.93. The number of hydrogen-bond donors (Lipinski definition) is 1. The SMILES string of the molecule is Cc1cc([N+]2(N3CCC[C@H]3C)CCCC2)ccc1N. The minimum atomic E-state index is 0.705. The van der Waals surface area contributed by atoms with E-state index in [0.717, 1.165) is 10.3 Å². The van der Waals surface area contributed by atoms with Crippen molar-refractivity contribution in [1.82, 2.24) is 9.60 Å². The summed E-state index contributed by atoms with van der Waals surface area (Å²) in [6, 6.07) is 7.35. The third kappa shape index (κ3) is 2.05. The average Bonchev–Trinajstić information content (AvgIpc) is 3.02. The molecule has 0 amide bonds. The molecule has 3 rings (SSSR count). The van der Waals surface area contributed by atoms with Crippen LogP contribution in [0.3, 0.4) is 0 Å². The minimum Gasteiger partial charge on any atom is -0.399 e. The molecule has 2 heterocycles. The van der Waals surface area contributed by atoms with Gasteiger partial charge in [-0.1, -0.05) is 0 Å². The van der Waals surface area contributed by atoms with Gasteiger partial charge in [0.2, 0.25) is 0 Å². The van der Waals surface area contributed by atoms with Gasteiger partial charge < -0.3 is 5.73 Å². The molecular weight excluding hydrogens is 234 g/mol. The molecule has 2 fully saturated rings. The zero-order chi connectivity index (χ0) is 13.5. The molecule has 2 aliphatic rings. The number of hydrogen-bond acceptors (Lipinski definition) is 2. The number of nitrogens with two attached hydrogens (primary N) is 1. The number of nitrogen functional groups attached to an aromatic ring is 1. The molecule has 1 atom stereocenters. The van der Waals surface area contributed by atoms with Gasteiger partial charge in [-0.05, 0) is 38.3 Å². The molecule has 1 aromatic carbocycles. The molecule has 0 aliphatic carbocycles. The van der Waals surface area contributed by atoms with E-state index in [9.17, 15) is 0 Å². The number of anilines is 1. The van der Waals surface area contributed by atoms with Gasteiger partial charge in [-0.2, -0.15) is 0 Å². The predicted molar refractivity (Wildman–Crippen MR) is 81.8 cm³/mol. The maximum Gasteiger partial charge on any atom is 0.152 e. The lowest BCUT2D eigenvalue weighted by Gasteiger charge is -2.43. The van der Waals surface area contributed by atoms with Gasteiger partial charge in [0.1, 0.15) is 13.1 Å². The largest absolute Gasteiger partial charge is 0.399 e. The van der Waals surface area contributed by atoms with Crippen molar-refractivity contribution in [2.45, 2.75) is 45.6 Å². The van der Waals surface area contributed by atoms with E-state index in [1.807, 2.05) is 0 Å². The highest BCUT2D eigenvalue weighted by Gasteiger charge is 2.45. The minimum absolute atomic E-state index is 0.705. The van der Waals surface area contributed by atoms with E-state index in [1.165, 1.54) is 56.6 Å². The van der Waals surface area contributed by atoms with Crippen LogP contribution < -0.4 is 10.3 Å². The van der Waals surface area contributed by atoms with E-state index in [0.29, 0.717) is 6.04 Å². The van der Waals surface area contributed by atoms with E-state index >= 15 is 0 Å². The monoisotopic (exact) mass is 260 g/mol. The highest BCUT2D eigenvalue weighted by atomic mass is 15.8. The molecule has 0 radical (unpaired) electrons. The first-order chi connectivity index (χ1) is 9.13. The van der Waals surface area contributed by atoms with E-state index in [2.05, 4.69) is 37.1 Å². The molecule has 1 aromatic rings. The topological polar surface area (TPSA) is 29.3 Å². The van der Waals surface area contributed by atoms with Crippen molar-refractivity contribution in [1.29, 1.82) is 0 Å². The zero-order valence-corrected chi connectivity index (χ0v) is 12.2. The average molecular weight is 260 g/mol. The second-order valence-electron chi connectivity index (χ2n) is 6.27. The first-order valence-electron chi connectivity index (χ1n) is 7.64. The van der Waals surface area contributed by atoms with E-state index in [-0.39, 0.29) is 0 Å². The van der Waals surface area contributed by atoms with Crippen LogP contribution in [0.4, 0.5) is 11.4 Å². The second kappa shape index (κ2) is 4.80. The van der Waals surface area contributed by atoms with Crippen molar-refractivity contribution in [3.05, 3.63) is 23.8 Å². The summed E-state index contributed by atoms with van der Waals surface area (Å²) < 4.78 is 1.07. The van der Waals surface area contributed by atoms with Gasteiger partial charge in [-0.15, -0.1) is 5.01 Å².